The number of hydrogen-bond acceptors (Lipinski definition) is 3. The largest absolute Gasteiger partial charge is 0.337 e. The maximum absolute atomic E-state index is 12.1. The fourth-order valence-corrected chi connectivity index (χ4v) is 2.34. The lowest BCUT2D eigenvalue weighted by molar-refractivity contribution is 0.0786. The van der Waals surface area contributed by atoms with Crippen molar-refractivity contribution < 1.29 is 4.79 Å². The van der Waals surface area contributed by atoms with Crippen molar-refractivity contribution in [3.8, 4) is 0 Å². The van der Waals surface area contributed by atoms with Gasteiger partial charge in [0.2, 0.25) is 0 Å². The zero-order chi connectivity index (χ0) is 11.8. The molecule has 0 spiro atoms. The van der Waals surface area contributed by atoms with Gasteiger partial charge in [-0.1, -0.05) is 0 Å². The van der Waals surface area contributed by atoms with Gasteiger partial charge >= 0.3 is 0 Å². The third-order valence-electron chi connectivity index (χ3n) is 2.89. The molecule has 3 heterocycles. The number of rotatable bonds is 1. The number of hydrogen-bond donors (Lipinski definition) is 0. The number of carbonyl (C=O) groups excluding carboxylic acids is 1. The summed E-state index contributed by atoms with van der Waals surface area (Å²) in [5, 5.41) is 4.25. The highest BCUT2D eigenvalue weighted by Gasteiger charge is 2.21. The molecule has 3 rings (SSSR count). The zero-order valence-electron chi connectivity index (χ0n) is 9.14. The third kappa shape index (κ3) is 1.93. The first kappa shape index (κ1) is 10.7. The predicted molar refractivity (Wildman–Crippen MR) is 65.8 cm³/mol. The summed E-state index contributed by atoms with van der Waals surface area (Å²) in [6.45, 7) is 1.67. The fourth-order valence-electron chi connectivity index (χ4n) is 2.04. The number of fused-ring (bicyclic) bond motifs is 1. The molecule has 0 atom stereocenters. The van der Waals surface area contributed by atoms with E-state index in [9.17, 15) is 4.79 Å². The van der Waals surface area contributed by atoms with Gasteiger partial charge in [-0.15, -0.1) is 0 Å². The molecule has 5 nitrogen and oxygen atoms in total. The molecule has 1 fully saturated rings. The normalized spacial score (nSPS) is 15.7. The molecule has 2 aromatic heterocycles. The molecule has 1 amide bonds. The van der Waals surface area contributed by atoms with E-state index in [1.54, 1.807) is 23.0 Å². The summed E-state index contributed by atoms with van der Waals surface area (Å²) in [6, 6.07) is 1.73. The maximum atomic E-state index is 12.1. The minimum Gasteiger partial charge on any atom is -0.337 e. The van der Waals surface area contributed by atoms with Gasteiger partial charge in [-0.2, -0.15) is 5.10 Å². The monoisotopic (exact) mass is 294 g/mol. The van der Waals surface area contributed by atoms with E-state index < -0.39 is 0 Å². The van der Waals surface area contributed by atoms with Gasteiger partial charge in [0.1, 0.15) is 0 Å². The van der Waals surface area contributed by atoms with Crippen LogP contribution in [0.3, 0.4) is 0 Å². The third-order valence-corrected chi connectivity index (χ3v) is 3.30. The smallest absolute Gasteiger partial charge is 0.274 e. The summed E-state index contributed by atoms with van der Waals surface area (Å²) >= 11 is 3.33. The highest BCUT2D eigenvalue weighted by atomic mass is 79.9. The van der Waals surface area contributed by atoms with Gasteiger partial charge in [0, 0.05) is 31.5 Å². The zero-order valence-corrected chi connectivity index (χ0v) is 10.7. The van der Waals surface area contributed by atoms with Crippen LogP contribution < -0.4 is 0 Å². The summed E-state index contributed by atoms with van der Waals surface area (Å²) in [5.74, 6) is 0.00382. The molecular weight excluding hydrogens is 284 g/mol. The molecule has 0 aliphatic carbocycles. The molecule has 0 N–H and O–H groups in total. The summed E-state index contributed by atoms with van der Waals surface area (Å²) in [6.07, 6.45) is 5.66. The van der Waals surface area contributed by atoms with E-state index >= 15 is 0 Å². The van der Waals surface area contributed by atoms with Crippen molar-refractivity contribution >= 4 is 27.5 Å². The van der Waals surface area contributed by atoms with Crippen LogP contribution in [0.1, 0.15) is 23.3 Å². The molecule has 0 unspecified atom stereocenters. The van der Waals surface area contributed by atoms with E-state index in [0.29, 0.717) is 11.3 Å². The van der Waals surface area contributed by atoms with Gasteiger partial charge < -0.3 is 4.90 Å². The summed E-state index contributed by atoms with van der Waals surface area (Å²) in [7, 11) is 0. The van der Waals surface area contributed by atoms with E-state index in [1.807, 2.05) is 4.90 Å². The average molecular weight is 295 g/mol. The second-order valence-electron chi connectivity index (χ2n) is 4.10. The quantitative estimate of drug-likeness (QED) is 0.805. The fraction of sp³-hybridized carbons (Fsp3) is 0.364. The molecule has 6 heteroatoms. The van der Waals surface area contributed by atoms with Crippen LogP contribution in [0.4, 0.5) is 0 Å². The molecule has 17 heavy (non-hydrogen) atoms. The average Bonchev–Trinajstić information content (AvgIpc) is 2.96. The Morgan fingerprint density at radius 2 is 2.12 bits per heavy atom. The van der Waals surface area contributed by atoms with Crippen LogP contribution in [-0.4, -0.2) is 38.5 Å². The number of carbonyl (C=O) groups is 1. The Kier molecular flexibility index (Phi) is 2.58. The lowest BCUT2D eigenvalue weighted by Crippen LogP contribution is -2.27. The van der Waals surface area contributed by atoms with Gasteiger partial charge in [-0.3, -0.25) is 4.79 Å². The Labute approximate surface area is 107 Å². The molecule has 88 valence electrons. The van der Waals surface area contributed by atoms with Gasteiger partial charge in [0.15, 0.2) is 11.3 Å². The summed E-state index contributed by atoms with van der Waals surface area (Å²) in [5.41, 5.74) is 1.16. The minimum absolute atomic E-state index is 0.00382. The second-order valence-corrected chi connectivity index (χ2v) is 5.02. The lowest BCUT2D eigenvalue weighted by atomic mass is 10.4. The van der Waals surface area contributed by atoms with Crippen LogP contribution in [0.5, 0.6) is 0 Å². The molecule has 0 saturated carbocycles. The molecule has 1 aliphatic heterocycles. The molecule has 1 saturated heterocycles. The van der Waals surface area contributed by atoms with Crippen molar-refractivity contribution in [3.63, 3.8) is 0 Å². The number of aromatic nitrogens is 3. The lowest BCUT2D eigenvalue weighted by Gasteiger charge is -2.12. The molecular formula is C11H11BrN4O. The van der Waals surface area contributed by atoms with Gasteiger partial charge in [0.05, 0.1) is 4.47 Å². The van der Waals surface area contributed by atoms with Gasteiger partial charge in [-0.25, -0.2) is 9.50 Å². The first-order valence-electron chi connectivity index (χ1n) is 5.54. The molecule has 0 radical (unpaired) electrons. The minimum atomic E-state index is 0.00382. The van der Waals surface area contributed by atoms with Crippen molar-refractivity contribution in [1.82, 2.24) is 19.5 Å². The Bertz CT molecular complexity index is 574. The van der Waals surface area contributed by atoms with Crippen molar-refractivity contribution in [2.24, 2.45) is 0 Å². The van der Waals surface area contributed by atoms with E-state index in [-0.39, 0.29) is 5.91 Å². The molecule has 0 aromatic carbocycles. The summed E-state index contributed by atoms with van der Waals surface area (Å²) in [4.78, 5) is 18.1. The number of halogens is 1. The van der Waals surface area contributed by atoms with Crippen LogP contribution in [0.2, 0.25) is 0 Å². The van der Waals surface area contributed by atoms with Crippen molar-refractivity contribution in [1.29, 1.82) is 0 Å². The van der Waals surface area contributed by atoms with Crippen LogP contribution in [0, 0.1) is 0 Å². The first-order chi connectivity index (χ1) is 8.24. The van der Waals surface area contributed by atoms with Crippen molar-refractivity contribution in [3.05, 3.63) is 28.6 Å². The Hall–Kier alpha value is -1.43. The number of amides is 1. The van der Waals surface area contributed by atoms with Crippen LogP contribution in [0.15, 0.2) is 22.9 Å². The highest BCUT2D eigenvalue weighted by molar-refractivity contribution is 9.10. The second kappa shape index (κ2) is 4.10. The van der Waals surface area contributed by atoms with Gasteiger partial charge in [0.25, 0.3) is 5.91 Å². The number of likely N-dealkylation sites (tertiary alicyclic amines) is 1. The van der Waals surface area contributed by atoms with Crippen molar-refractivity contribution in [2.45, 2.75) is 12.8 Å². The number of nitrogens with zero attached hydrogens (tertiary/aromatic N) is 4. The predicted octanol–water partition coefficient (Wildman–Crippen LogP) is 1.73. The molecule has 2 aromatic rings. The Balaban J connectivity index is 1.97. The van der Waals surface area contributed by atoms with E-state index in [4.69, 9.17) is 0 Å². The molecule has 1 aliphatic rings. The SMILES string of the molecule is O=C(c1cc2ncc(Br)cn2n1)N1CCCC1. The first-order valence-corrected chi connectivity index (χ1v) is 6.33. The van der Waals surface area contributed by atoms with E-state index in [1.165, 1.54) is 0 Å². The summed E-state index contributed by atoms with van der Waals surface area (Å²) < 4.78 is 2.46. The van der Waals surface area contributed by atoms with Crippen LogP contribution in [0.25, 0.3) is 5.65 Å². The Morgan fingerprint density at radius 1 is 1.35 bits per heavy atom. The van der Waals surface area contributed by atoms with E-state index in [2.05, 4.69) is 26.0 Å². The standard InChI is InChI=1S/C11H11BrN4O/c12-8-6-13-10-5-9(14-16(10)7-8)11(17)15-3-1-2-4-15/h5-7H,1-4H2. The topological polar surface area (TPSA) is 50.5 Å². The highest BCUT2D eigenvalue weighted by Crippen LogP contribution is 2.14. The Morgan fingerprint density at radius 3 is 2.88 bits per heavy atom. The van der Waals surface area contributed by atoms with Gasteiger partial charge in [-0.05, 0) is 28.8 Å². The van der Waals surface area contributed by atoms with Crippen LogP contribution in [-0.2, 0) is 0 Å². The van der Waals surface area contributed by atoms with Crippen LogP contribution >= 0.6 is 15.9 Å². The maximum Gasteiger partial charge on any atom is 0.274 e. The van der Waals surface area contributed by atoms with E-state index in [0.717, 1.165) is 30.4 Å². The van der Waals surface area contributed by atoms with Crippen molar-refractivity contribution in [2.75, 3.05) is 13.1 Å². The molecule has 0 bridgehead atoms.